The van der Waals surface area contributed by atoms with Crippen molar-refractivity contribution in [3.05, 3.63) is 156 Å². The first-order valence-corrected chi connectivity index (χ1v) is 12.2. The van der Waals surface area contributed by atoms with Crippen LogP contribution in [0.2, 0.25) is 0 Å². The molecule has 154 valence electrons. The third-order valence-corrected chi connectivity index (χ3v) is 8.08. The Kier molecular flexibility index (Phi) is 6.15. The standard InChI is InChI=1S/C31H24P/c1-5-14-25(15-6-1)30(26-16-7-2-8-17-26)24-27-18-13-23-31(27)32(28-19-9-3-10-20-28)29-21-11-4-12-22-29/h1-24H/q-1. The predicted octanol–water partition coefficient (Wildman–Crippen LogP) is 6.75. The summed E-state index contributed by atoms with van der Waals surface area (Å²) in [4.78, 5) is 0. The molecular weight excluding hydrogens is 403 g/mol. The lowest BCUT2D eigenvalue weighted by Gasteiger charge is -2.23. The van der Waals surface area contributed by atoms with Gasteiger partial charge in [-0.3, -0.25) is 0 Å². The Labute approximate surface area is 191 Å². The SMILES string of the molecule is C(=C(c1ccccc1)c1ccccc1)[c-]1cccc1P(c1ccccc1)c1ccccc1. The van der Waals surface area contributed by atoms with Gasteiger partial charge in [0, 0.05) is 0 Å². The van der Waals surface area contributed by atoms with E-state index in [-0.39, 0.29) is 0 Å². The Balaban J connectivity index is 1.67. The summed E-state index contributed by atoms with van der Waals surface area (Å²) in [5.74, 6) is 0. The second-order valence-electron chi connectivity index (χ2n) is 7.66. The normalized spacial score (nSPS) is 10.8. The van der Waals surface area contributed by atoms with Gasteiger partial charge < -0.3 is 0 Å². The number of hydrogen-bond acceptors (Lipinski definition) is 0. The molecular formula is C31H24P-. The van der Waals surface area contributed by atoms with E-state index in [2.05, 4.69) is 146 Å². The summed E-state index contributed by atoms with van der Waals surface area (Å²) in [6.07, 6.45) is 2.36. The largest absolute Gasteiger partial charge is 0.174 e. The molecule has 0 aliphatic carbocycles. The summed E-state index contributed by atoms with van der Waals surface area (Å²) in [6, 6.07) is 49.9. The molecule has 32 heavy (non-hydrogen) atoms. The van der Waals surface area contributed by atoms with Gasteiger partial charge in [0.1, 0.15) is 0 Å². The zero-order valence-corrected chi connectivity index (χ0v) is 18.7. The first-order valence-electron chi connectivity index (χ1n) is 10.9. The quantitative estimate of drug-likeness (QED) is 0.208. The van der Waals surface area contributed by atoms with Gasteiger partial charge in [-0.05, 0) is 18.5 Å². The molecule has 5 aromatic rings. The van der Waals surface area contributed by atoms with E-state index >= 15 is 0 Å². The minimum atomic E-state index is -0.643. The van der Waals surface area contributed by atoms with Crippen LogP contribution >= 0.6 is 7.92 Å². The van der Waals surface area contributed by atoms with Crippen molar-refractivity contribution in [2.45, 2.75) is 0 Å². The lowest BCUT2D eigenvalue weighted by atomic mass is 9.96. The Morgan fingerprint density at radius 1 is 0.500 bits per heavy atom. The summed E-state index contributed by atoms with van der Waals surface area (Å²) in [7, 11) is -0.643. The van der Waals surface area contributed by atoms with Gasteiger partial charge in [0.05, 0.1) is 0 Å². The second kappa shape index (κ2) is 9.69. The van der Waals surface area contributed by atoms with Gasteiger partial charge in [-0.25, -0.2) is 0 Å². The number of rotatable bonds is 6. The molecule has 0 nitrogen and oxygen atoms in total. The van der Waals surface area contributed by atoms with Crippen LogP contribution < -0.4 is 15.9 Å². The highest BCUT2D eigenvalue weighted by molar-refractivity contribution is 7.80. The number of benzene rings is 4. The van der Waals surface area contributed by atoms with Crippen molar-refractivity contribution < 1.29 is 0 Å². The minimum Gasteiger partial charge on any atom is -0.174 e. The van der Waals surface area contributed by atoms with Gasteiger partial charge in [-0.2, -0.15) is 12.1 Å². The molecule has 5 rings (SSSR count). The molecule has 0 aliphatic heterocycles. The summed E-state index contributed by atoms with van der Waals surface area (Å²) in [5.41, 5.74) is 4.99. The van der Waals surface area contributed by atoms with Crippen LogP contribution in [0.25, 0.3) is 11.6 Å². The lowest BCUT2D eigenvalue weighted by Crippen LogP contribution is -2.21. The van der Waals surface area contributed by atoms with Gasteiger partial charge in [0.25, 0.3) is 0 Å². The van der Waals surface area contributed by atoms with Crippen LogP contribution in [0.5, 0.6) is 0 Å². The Bertz CT molecular complexity index is 1200. The Hall–Kier alpha value is -3.60. The highest BCUT2D eigenvalue weighted by Crippen LogP contribution is 2.36. The summed E-state index contributed by atoms with van der Waals surface area (Å²) >= 11 is 0. The smallest absolute Gasteiger partial charge is 0.0166 e. The van der Waals surface area contributed by atoms with Crippen molar-refractivity contribution in [1.82, 2.24) is 0 Å². The van der Waals surface area contributed by atoms with Crippen molar-refractivity contribution in [1.29, 1.82) is 0 Å². The molecule has 1 heteroatoms. The van der Waals surface area contributed by atoms with Crippen LogP contribution in [-0.4, -0.2) is 0 Å². The molecule has 0 radical (unpaired) electrons. The topological polar surface area (TPSA) is 0 Å². The van der Waals surface area contributed by atoms with E-state index in [1.54, 1.807) is 0 Å². The monoisotopic (exact) mass is 427 g/mol. The molecule has 0 fully saturated rings. The highest BCUT2D eigenvalue weighted by Gasteiger charge is 2.15. The second-order valence-corrected chi connectivity index (χ2v) is 9.85. The molecule has 0 heterocycles. The Morgan fingerprint density at radius 2 is 0.938 bits per heavy atom. The molecule has 0 saturated carbocycles. The van der Waals surface area contributed by atoms with Crippen LogP contribution in [0.15, 0.2) is 140 Å². The number of hydrogen-bond donors (Lipinski definition) is 0. The maximum Gasteiger partial charge on any atom is -0.0166 e. The molecule has 0 bridgehead atoms. The van der Waals surface area contributed by atoms with E-state index in [1.165, 1.54) is 38.2 Å². The third-order valence-electron chi connectivity index (χ3n) is 5.56. The Morgan fingerprint density at radius 3 is 1.41 bits per heavy atom. The van der Waals surface area contributed by atoms with Gasteiger partial charge >= 0.3 is 0 Å². The van der Waals surface area contributed by atoms with E-state index in [0.29, 0.717) is 0 Å². The fourth-order valence-corrected chi connectivity index (χ4v) is 6.48. The van der Waals surface area contributed by atoms with Crippen LogP contribution in [-0.2, 0) is 0 Å². The molecule has 0 saturated heterocycles. The molecule has 0 amide bonds. The van der Waals surface area contributed by atoms with Crippen LogP contribution in [0.4, 0.5) is 0 Å². The zero-order valence-electron chi connectivity index (χ0n) is 17.8. The third kappa shape index (κ3) is 4.37. The molecule has 0 N–H and O–H groups in total. The van der Waals surface area contributed by atoms with Gasteiger partial charge in [0.15, 0.2) is 0 Å². The van der Waals surface area contributed by atoms with Gasteiger partial charge in [-0.15, -0.1) is 17.7 Å². The predicted molar refractivity (Wildman–Crippen MR) is 141 cm³/mol. The van der Waals surface area contributed by atoms with E-state index < -0.39 is 7.92 Å². The van der Waals surface area contributed by atoms with Crippen LogP contribution in [0, 0.1) is 0 Å². The fraction of sp³-hybridized carbons (Fsp3) is 0. The first-order chi connectivity index (χ1) is 15.9. The van der Waals surface area contributed by atoms with E-state index in [1.807, 2.05) is 0 Å². The molecule has 0 unspecified atom stereocenters. The first kappa shape index (κ1) is 20.3. The molecule has 0 spiro atoms. The van der Waals surface area contributed by atoms with Crippen LogP contribution in [0.3, 0.4) is 0 Å². The van der Waals surface area contributed by atoms with Crippen molar-refractivity contribution in [2.24, 2.45) is 0 Å². The van der Waals surface area contributed by atoms with E-state index in [4.69, 9.17) is 0 Å². The average molecular weight is 428 g/mol. The van der Waals surface area contributed by atoms with E-state index in [9.17, 15) is 0 Å². The molecule has 0 aliphatic rings. The maximum atomic E-state index is 2.36. The van der Waals surface area contributed by atoms with Crippen molar-refractivity contribution in [3.8, 4) is 0 Å². The summed E-state index contributed by atoms with van der Waals surface area (Å²) in [5, 5.41) is 4.13. The maximum absolute atomic E-state index is 2.36. The average Bonchev–Trinajstić information content (AvgIpc) is 3.33. The summed E-state index contributed by atoms with van der Waals surface area (Å²) in [6.45, 7) is 0. The molecule has 0 aromatic heterocycles. The van der Waals surface area contributed by atoms with Crippen molar-refractivity contribution in [2.75, 3.05) is 0 Å². The van der Waals surface area contributed by atoms with Gasteiger partial charge in [0.2, 0.25) is 0 Å². The fourth-order valence-electron chi connectivity index (χ4n) is 4.06. The van der Waals surface area contributed by atoms with E-state index in [0.717, 1.165) is 0 Å². The van der Waals surface area contributed by atoms with Crippen molar-refractivity contribution >= 4 is 35.5 Å². The molecule has 0 atom stereocenters. The summed E-state index contributed by atoms with van der Waals surface area (Å²) < 4.78 is 0. The lowest BCUT2D eigenvalue weighted by molar-refractivity contribution is 1.56. The van der Waals surface area contributed by atoms with Crippen molar-refractivity contribution in [3.63, 3.8) is 0 Å². The molecule has 5 aromatic carbocycles. The van der Waals surface area contributed by atoms with Gasteiger partial charge in [-0.1, -0.05) is 143 Å². The highest BCUT2D eigenvalue weighted by atomic mass is 31.1. The minimum absolute atomic E-state index is 0.643. The van der Waals surface area contributed by atoms with Crippen LogP contribution in [0.1, 0.15) is 16.7 Å². The zero-order chi connectivity index (χ0) is 21.6.